The van der Waals surface area contributed by atoms with Crippen LogP contribution in [0.2, 0.25) is 0 Å². The maximum absolute atomic E-state index is 8.68. The molecule has 0 heterocycles. The molecule has 0 spiro atoms. The molecule has 0 saturated carbocycles. The second-order valence-corrected chi connectivity index (χ2v) is 0.665. The molecule has 0 saturated heterocycles. The maximum atomic E-state index is 8.68. The zero-order chi connectivity index (χ0) is 4.71. The molecule has 0 aliphatic carbocycles. The number of hydrogen-bond acceptors (Lipinski definition) is 2. The Bertz CT molecular complexity index is 20.4. The van der Waals surface area contributed by atoms with Crippen molar-refractivity contribution in [2.45, 2.75) is 0 Å². The molecular formula is CH6Ce2NO3-2. The molecule has 4 N–H and O–H groups in total. The first-order valence-corrected chi connectivity index (χ1v) is 3.43. The number of nitrogens with two attached hydrogens (primary N) is 1. The van der Waals surface area contributed by atoms with Crippen LogP contribution in [0.5, 0.6) is 0 Å². The van der Waals surface area contributed by atoms with E-state index in [9.17, 15) is 0 Å². The Morgan fingerprint density at radius 2 is 1.43 bits per heavy atom. The van der Waals surface area contributed by atoms with Crippen molar-refractivity contribution in [2.75, 3.05) is 0 Å². The summed E-state index contributed by atoms with van der Waals surface area (Å²) in [5.74, 6) is 0. The second-order valence-electron chi connectivity index (χ2n) is 0.0913. The molecule has 0 aromatic heterocycles. The Hall–Kier alpha value is 2.43. The Balaban J connectivity index is -0.0000000105. The predicted molar refractivity (Wildman–Crippen MR) is 15.5 cm³/mol. The van der Waals surface area contributed by atoms with Gasteiger partial charge in [0.15, 0.2) is 0 Å². The summed E-state index contributed by atoms with van der Waals surface area (Å²) >= 11 is -2.17. The van der Waals surface area contributed by atoms with E-state index in [-0.39, 0.29) is 47.9 Å². The third kappa shape index (κ3) is 58.9. The van der Waals surface area contributed by atoms with Crippen LogP contribution in [0, 0.1) is 87.1 Å². The summed E-state index contributed by atoms with van der Waals surface area (Å²) < 4.78 is 15.9. The normalized spacial score (nSPS) is 2.14. The SMILES string of the molecule is [CH2-]O.[Ce].[NH2-].[O]=[Ce][OH]. The first kappa shape index (κ1) is 22.7. The van der Waals surface area contributed by atoms with E-state index in [4.69, 9.17) is 7.37 Å². The monoisotopic (exact) mass is 360 g/mol. The summed E-state index contributed by atoms with van der Waals surface area (Å²) in [7, 11) is 2.25. The average molecular weight is 360 g/mol. The molecule has 0 atom stereocenters. The number of rotatable bonds is 0. The van der Waals surface area contributed by atoms with Crippen molar-refractivity contribution in [3.8, 4) is 0 Å². The van der Waals surface area contributed by atoms with E-state index >= 15 is 0 Å². The topological polar surface area (TPSA) is 91.0 Å². The van der Waals surface area contributed by atoms with Crippen molar-refractivity contribution in [1.82, 2.24) is 0 Å². The molecule has 4 nitrogen and oxygen atoms in total. The second kappa shape index (κ2) is 39.5. The first-order chi connectivity index (χ1) is 2.41. The van der Waals surface area contributed by atoms with Crippen LogP contribution in [-0.4, -0.2) is 6.43 Å². The van der Waals surface area contributed by atoms with Crippen LogP contribution >= 0.6 is 0 Å². The van der Waals surface area contributed by atoms with Gasteiger partial charge in [-0.05, 0) is 0 Å². The van der Waals surface area contributed by atoms with Crippen molar-refractivity contribution < 1.29 is 87.4 Å². The van der Waals surface area contributed by atoms with Crippen molar-refractivity contribution in [3.63, 3.8) is 0 Å². The molecule has 0 fully saturated rings. The fourth-order valence-electron chi connectivity index (χ4n) is 0. The van der Waals surface area contributed by atoms with E-state index in [1.165, 1.54) is 0 Å². The molecule has 0 radical (unpaired) electrons. The van der Waals surface area contributed by atoms with Gasteiger partial charge in [0.05, 0.1) is 0 Å². The van der Waals surface area contributed by atoms with Gasteiger partial charge in [0.2, 0.25) is 0 Å². The van der Waals surface area contributed by atoms with Crippen molar-refractivity contribution >= 4 is 0 Å². The molecule has 0 rings (SSSR count). The number of aliphatic hydroxyl groups is 1. The molecule has 43 valence electrons. The van der Waals surface area contributed by atoms with Crippen LogP contribution in [0.4, 0.5) is 0 Å². The molecule has 0 aliphatic rings. The molecule has 0 aromatic carbocycles. The Morgan fingerprint density at radius 3 is 1.43 bits per heavy atom. The third-order valence-corrected chi connectivity index (χ3v) is 0. The van der Waals surface area contributed by atoms with Gasteiger partial charge in [0.25, 0.3) is 0 Å². The fraction of sp³-hybridized carbons (Fsp3) is 0. The Labute approximate surface area is 98.2 Å². The molecular weight excluding hydrogens is 354 g/mol. The molecule has 0 amide bonds. The minimum absolute atomic E-state index is 0. The van der Waals surface area contributed by atoms with Gasteiger partial charge in [-0.15, -0.1) is 0 Å². The summed E-state index contributed by atoms with van der Waals surface area (Å²) in [5, 5.41) is 6.75. The molecule has 0 bridgehead atoms. The van der Waals surface area contributed by atoms with E-state index < -0.39 is 38.3 Å². The van der Waals surface area contributed by atoms with E-state index in [0.717, 1.165) is 0 Å². The van der Waals surface area contributed by atoms with E-state index in [0.29, 0.717) is 0 Å². The van der Waals surface area contributed by atoms with Crippen LogP contribution in [0.25, 0.3) is 6.15 Å². The summed E-state index contributed by atoms with van der Waals surface area (Å²) in [5.41, 5.74) is 0. The van der Waals surface area contributed by atoms with Gasteiger partial charge in [-0.25, -0.2) is 7.11 Å². The van der Waals surface area contributed by atoms with Crippen LogP contribution in [0.15, 0.2) is 0 Å². The summed E-state index contributed by atoms with van der Waals surface area (Å²) in [4.78, 5) is 0. The van der Waals surface area contributed by atoms with Crippen LogP contribution < -0.4 is 0 Å². The van der Waals surface area contributed by atoms with Gasteiger partial charge in [-0.2, -0.15) is 0 Å². The molecule has 0 unspecified atom stereocenters. The van der Waals surface area contributed by atoms with E-state index in [1.807, 2.05) is 0 Å². The quantitative estimate of drug-likeness (QED) is 0.605. The zero-order valence-electron chi connectivity index (χ0n) is 3.59. The molecule has 7 heavy (non-hydrogen) atoms. The molecule has 0 aliphatic heterocycles. The van der Waals surface area contributed by atoms with E-state index in [2.05, 4.69) is 7.11 Å². The van der Waals surface area contributed by atoms with Gasteiger partial charge in [0, 0.05) is 41.7 Å². The van der Waals surface area contributed by atoms with Crippen LogP contribution in [0.3, 0.4) is 0 Å². The Morgan fingerprint density at radius 1 is 1.43 bits per heavy atom. The van der Waals surface area contributed by atoms with Gasteiger partial charge in [-0.1, -0.05) is 0 Å². The average Bonchev–Trinajstić information content (AvgIpc) is 1.46. The van der Waals surface area contributed by atoms with Crippen molar-refractivity contribution in [2.24, 2.45) is 0 Å². The first-order valence-electron chi connectivity index (χ1n) is 0.744. The predicted octanol–water partition coefficient (Wildman–Crippen LogP) is 0.192. The number of hydrogen-bond donors (Lipinski definition) is 2. The number of aliphatic hydroxyl groups excluding tert-OH is 1. The Kier molecular flexibility index (Phi) is 128. The van der Waals surface area contributed by atoms with Crippen molar-refractivity contribution in [3.05, 3.63) is 13.3 Å². The van der Waals surface area contributed by atoms with Gasteiger partial charge < -0.3 is 11.3 Å². The summed E-state index contributed by atoms with van der Waals surface area (Å²) in [6.45, 7) is 0. The van der Waals surface area contributed by atoms with Crippen molar-refractivity contribution in [1.29, 1.82) is 0 Å². The fourth-order valence-corrected chi connectivity index (χ4v) is 0. The zero-order valence-corrected chi connectivity index (χ0v) is 9.87. The van der Waals surface area contributed by atoms with Gasteiger partial charge in [0.1, 0.15) is 0 Å². The minimum atomic E-state index is -2.17. The van der Waals surface area contributed by atoms with Crippen LogP contribution in [0.1, 0.15) is 0 Å². The van der Waals surface area contributed by atoms with Crippen LogP contribution in [-0.2, 0) is 0.938 Å². The molecule has 6 heteroatoms. The standard InChI is InChI=1S/CH3O.2Ce.H2N.H2O.O/c1-2;;;;;/h2H,1H2;;;2*1H2;/q-1;;+1;-1;;/p-1. The van der Waals surface area contributed by atoms with E-state index in [1.54, 1.807) is 0 Å². The van der Waals surface area contributed by atoms with Gasteiger partial charge >= 0.3 is 40.5 Å². The molecule has 0 aromatic rings. The van der Waals surface area contributed by atoms with Gasteiger partial charge in [-0.3, -0.25) is 0 Å². The third-order valence-electron chi connectivity index (χ3n) is 0. The summed E-state index contributed by atoms with van der Waals surface area (Å²) in [6.07, 6.45) is 0. The summed E-state index contributed by atoms with van der Waals surface area (Å²) in [6, 6.07) is 0.